The van der Waals surface area contributed by atoms with Gasteiger partial charge in [-0.3, -0.25) is 0 Å². The maximum Gasteiger partial charge on any atom is 0.214 e. The first-order valence-corrected chi connectivity index (χ1v) is 8.85. The normalized spacial score (nSPS) is 13.6. The van der Waals surface area contributed by atoms with Crippen LogP contribution >= 0.6 is 0 Å². The highest BCUT2D eigenvalue weighted by molar-refractivity contribution is 7.89. The molecule has 0 aliphatic rings. The lowest BCUT2D eigenvalue weighted by Crippen LogP contribution is -2.38. The fourth-order valence-corrected chi connectivity index (χ4v) is 3.99. The fourth-order valence-electron chi connectivity index (χ4n) is 2.17. The highest BCUT2D eigenvalue weighted by Gasteiger charge is 2.24. The van der Waals surface area contributed by atoms with Crippen LogP contribution in [-0.4, -0.2) is 38.1 Å². The van der Waals surface area contributed by atoms with Gasteiger partial charge in [0.25, 0.3) is 0 Å². The van der Waals surface area contributed by atoms with Crippen molar-refractivity contribution < 1.29 is 8.42 Å². The summed E-state index contributed by atoms with van der Waals surface area (Å²) in [5.74, 6) is 0.129. The average molecular weight is 298 g/mol. The Balaban J connectivity index is 2.75. The Kier molecular flexibility index (Phi) is 7.19. The van der Waals surface area contributed by atoms with Crippen molar-refractivity contribution in [2.24, 2.45) is 5.73 Å². The summed E-state index contributed by atoms with van der Waals surface area (Å²) < 4.78 is 26.5. The molecule has 1 rings (SSSR count). The van der Waals surface area contributed by atoms with Crippen LogP contribution in [0.1, 0.15) is 38.2 Å². The van der Waals surface area contributed by atoms with Crippen LogP contribution in [0.4, 0.5) is 0 Å². The van der Waals surface area contributed by atoms with Crippen molar-refractivity contribution in [1.29, 1.82) is 0 Å². The Bertz CT molecular complexity index is 474. The Morgan fingerprint density at radius 1 is 1.20 bits per heavy atom. The van der Waals surface area contributed by atoms with Crippen LogP contribution in [0, 0.1) is 0 Å². The Hall–Kier alpha value is -0.910. The summed E-state index contributed by atoms with van der Waals surface area (Å²) in [6.45, 7) is 5.34. The van der Waals surface area contributed by atoms with Crippen LogP contribution in [0.3, 0.4) is 0 Å². The van der Waals surface area contributed by atoms with Gasteiger partial charge in [-0.1, -0.05) is 50.6 Å². The van der Waals surface area contributed by atoms with Crippen molar-refractivity contribution in [3.8, 4) is 0 Å². The molecule has 0 aromatic heterocycles. The molecule has 0 fully saturated rings. The summed E-state index contributed by atoms with van der Waals surface area (Å²) in [7, 11) is -3.25. The fraction of sp³-hybridized carbons (Fsp3) is 0.600. The number of hydrogen-bond acceptors (Lipinski definition) is 3. The van der Waals surface area contributed by atoms with E-state index >= 15 is 0 Å². The first kappa shape index (κ1) is 17.1. The number of nitrogens with zero attached hydrogens (tertiary/aromatic N) is 1. The Morgan fingerprint density at radius 2 is 1.85 bits per heavy atom. The summed E-state index contributed by atoms with van der Waals surface area (Å²) in [5, 5.41) is 0. The van der Waals surface area contributed by atoms with Crippen LogP contribution in [0.15, 0.2) is 30.3 Å². The predicted molar refractivity (Wildman–Crippen MR) is 84.2 cm³/mol. The summed E-state index contributed by atoms with van der Waals surface area (Å²) >= 11 is 0. The van der Waals surface area contributed by atoms with Crippen LogP contribution < -0.4 is 5.73 Å². The first-order valence-electron chi connectivity index (χ1n) is 7.24. The lowest BCUT2D eigenvalue weighted by Gasteiger charge is -2.23. The van der Waals surface area contributed by atoms with Crippen LogP contribution in [0.2, 0.25) is 0 Å². The average Bonchev–Trinajstić information content (AvgIpc) is 2.43. The van der Waals surface area contributed by atoms with Gasteiger partial charge in [-0.05, 0) is 17.9 Å². The van der Waals surface area contributed by atoms with Crippen LogP contribution in [-0.2, 0) is 10.0 Å². The lowest BCUT2D eigenvalue weighted by atomic mass is 10.0. The molecule has 0 spiro atoms. The molecule has 0 radical (unpaired) electrons. The van der Waals surface area contributed by atoms with Gasteiger partial charge in [0.1, 0.15) is 0 Å². The molecule has 0 aliphatic carbocycles. The minimum atomic E-state index is -3.25. The third-order valence-electron chi connectivity index (χ3n) is 3.36. The molecule has 4 nitrogen and oxygen atoms in total. The molecule has 1 aromatic rings. The minimum Gasteiger partial charge on any atom is -0.329 e. The number of nitrogens with two attached hydrogens (primary N) is 1. The molecule has 1 aromatic carbocycles. The zero-order valence-corrected chi connectivity index (χ0v) is 13.3. The highest BCUT2D eigenvalue weighted by Crippen LogP contribution is 2.19. The molecule has 20 heavy (non-hydrogen) atoms. The third kappa shape index (κ3) is 5.23. The minimum absolute atomic E-state index is 0.0110. The second-order valence-electron chi connectivity index (χ2n) is 5.13. The number of hydrogen-bond donors (Lipinski definition) is 1. The molecule has 1 unspecified atom stereocenters. The quantitative estimate of drug-likeness (QED) is 0.760. The van der Waals surface area contributed by atoms with Crippen molar-refractivity contribution in [3.05, 3.63) is 35.9 Å². The van der Waals surface area contributed by atoms with Gasteiger partial charge in [-0.15, -0.1) is 0 Å². The Morgan fingerprint density at radius 3 is 2.40 bits per heavy atom. The second kappa shape index (κ2) is 8.39. The number of sulfonamides is 1. The molecular formula is C15H26N2O2S. The first-order chi connectivity index (χ1) is 9.51. The van der Waals surface area contributed by atoms with Crippen LogP contribution in [0.5, 0.6) is 0 Å². The van der Waals surface area contributed by atoms with Gasteiger partial charge in [0.15, 0.2) is 0 Å². The van der Waals surface area contributed by atoms with Crippen molar-refractivity contribution in [2.75, 3.05) is 25.4 Å². The van der Waals surface area contributed by atoms with Crippen molar-refractivity contribution >= 4 is 10.0 Å². The van der Waals surface area contributed by atoms with E-state index in [4.69, 9.17) is 5.73 Å². The summed E-state index contributed by atoms with van der Waals surface area (Å²) in [6.07, 6.45) is 1.85. The zero-order chi connectivity index (χ0) is 15.0. The van der Waals surface area contributed by atoms with E-state index in [-0.39, 0.29) is 11.7 Å². The maximum atomic E-state index is 12.5. The van der Waals surface area contributed by atoms with E-state index in [1.54, 1.807) is 0 Å². The summed E-state index contributed by atoms with van der Waals surface area (Å²) in [4.78, 5) is 0. The van der Waals surface area contributed by atoms with E-state index in [1.165, 1.54) is 4.31 Å². The molecular weight excluding hydrogens is 272 g/mol. The van der Waals surface area contributed by atoms with Gasteiger partial charge >= 0.3 is 0 Å². The van der Waals surface area contributed by atoms with E-state index in [1.807, 2.05) is 37.3 Å². The van der Waals surface area contributed by atoms with Crippen LogP contribution in [0.25, 0.3) is 0 Å². The van der Waals surface area contributed by atoms with Gasteiger partial charge < -0.3 is 5.73 Å². The molecule has 114 valence electrons. The van der Waals surface area contributed by atoms with Crippen molar-refractivity contribution in [2.45, 2.75) is 32.6 Å². The second-order valence-corrected chi connectivity index (χ2v) is 7.15. The van der Waals surface area contributed by atoms with E-state index in [0.29, 0.717) is 19.6 Å². The standard InChI is InChI=1S/C15H26N2O2S/c1-3-4-11-17(12-10-16)20(18,19)13-14(2)15-8-6-5-7-9-15/h5-9,14H,3-4,10-13,16H2,1-2H3. The van der Waals surface area contributed by atoms with Crippen molar-refractivity contribution in [3.63, 3.8) is 0 Å². The highest BCUT2D eigenvalue weighted by atomic mass is 32.2. The van der Waals surface area contributed by atoms with Gasteiger partial charge in [-0.2, -0.15) is 0 Å². The predicted octanol–water partition coefficient (Wildman–Crippen LogP) is 2.18. The van der Waals surface area contributed by atoms with Gasteiger partial charge in [0.05, 0.1) is 5.75 Å². The molecule has 5 heteroatoms. The van der Waals surface area contributed by atoms with Gasteiger partial charge in [-0.25, -0.2) is 12.7 Å². The number of unbranched alkanes of at least 4 members (excludes halogenated alkanes) is 1. The molecule has 0 saturated carbocycles. The van der Waals surface area contributed by atoms with E-state index in [9.17, 15) is 8.42 Å². The van der Waals surface area contributed by atoms with Crippen molar-refractivity contribution in [1.82, 2.24) is 4.31 Å². The number of benzene rings is 1. The van der Waals surface area contributed by atoms with Gasteiger partial charge in [0.2, 0.25) is 10.0 Å². The summed E-state index contributed by atoms with van der Waals surface area (Å²) in [5.41, 5.74) is 6.59. The third-order valence-corrected chi connectivity index (χ3v) is 5.44. The molecule has 0 heterocycles. The van der Waals surface area contributed by atoms with E-state index in [0.717, 1.165) is 18.4 Å². The molecule has 0 saturated heterocycles. The molecule has 0 bridgehead atoms. The van der Waals surface area contributed by atoms with E-state index < -0.39 is 10.0 Å². The maximum absolute atomic E-state index is 12.5. The molecule has 2 N–H and O–H groups in total. The molecule has 1 atom stereocenters. The van der Waals surface area contributed by atoms with E-state index in [2.05, 4.69) is 6.92 Å². The number of rotatable bonds is 9. The molecule has 0 amide bonds. The summed E-state index contributed by atoms with van der Waals surface area (Å²) in [6, 6.07) is 9.76. The smallest absolute Gasteiger partial charge is 0.214 e. The molecule has 0 aliphatic heterocycles. The Labute approximate surface area is 123 Å². The monoisotopic (exact) mass is 298 g/mol. The lowest BCUT2D eigenvalue weighted by molar-refractivity contribution is 0.408. The van der Waals surface area contributed by atoms with Gasteiger partial charge in [0, 0.05) is 19.6 Å². The topological polar surface area (TPSA) is 63.4 Å². The zero-order valence-electron chi connectivity index (χ0n) is 12.5. The largest absolute Gasteiger partial charge is 0.329 e. The SMILES string of the molecule is CCCCN(CCN)S(=O)(=O)CC(C)c1ccccc1.